The maximum Gasteiger partial charge on any atom is 0.411 e. The number of benzene rings is 1. The fraction of sp³-hybridized carbons (Fsp3) is 0.533. The lowest BCUT2D eigenvalue weighted by Crippen LogP contribution is -2.50. The minimum atomic E-state index is -4.44. The first-order valence-corrected chi connectivity index (χ1v) is 7.20. The van der Waals surface area contributed by atoms with Gasteiger partial charge in [-0.2, -0.15) is 13.2 Å². The molecular formula is C15H20ClF3N2O3. The van der Waals surface area contributed by atoms with Gasteiger partial charge in [0.15, 0.2) is 0 Å². The van der Waals surface area contributed by atoms with Crippen molar-refractivity contribution < 1.29 is 27.4 Å². The van der Waals surface area contributed by atoms with Crippen LogP contribution in [-0.4, -0.2) is 56.9 Å². The summed E-state index contributed by atoms with van der Waals surface area (Å²) in [4.78, 5) is 13.8. The SMILES string of the molecule is COc1ccccc1C1CNCCN1C(=O)COCC(F)(F)F.Cl. The molecule has 0 bridgehead atoms. The van der Waals surface area contributed by atoms with Gasteiger partial charge in [0.1, 0.15) is 19.0 Å². The Hall–Kier alpha value is -1.51. The zero-order chi connectivity index (χ0) is 16.9. The molecule has 0 radical (unpaired) electrons. The molecule has 1 N–H and O–H groups in total. The standard InChI is InChI=1S/C15H19F3N2O3.ClH/c1-22-13-5-3-2-4-11(13)12-8-19-6-7-20(12)14(21)9-23-10-15(16,17)18;/h2-5,12,19H,6-10H2,1H3;1H. The van der Waals surface area contributed by atoms with E-state index < -0.39 is 25.3 Å². The van der Waals surface area contributed by atoms with Crippen molar-refractivity contribution in [3.63, 3.8) is 0 Å². The predicted octanol–water partition coefficient (Wildman–Crippen LogP) is 2.17. The average molecular weight is 369 g/mol. The van der Waals surface area contributed by atoms with Crippen molar-refractivity contribution in [2.45, 2.75) is 12.2 Å². The Morgan fingerprint density at radius 2 is 2.08 bits per heavy atom. The fourth-order valence-electron chi connectivity index (χ4n) is 2.56. The molecule has 1 fully saturated rings. The summed E-state index contributed by atoms with van der Waals surface area (Å²) in [5.41, 5.74) is 0.811. The Bertz CT molecular complexity index is 543. The average Bonchev–Trinajstić information content (AvgIpc) is 2.53. The Morgan fingerprint density at radius 1 is 1.38 bits per heavy atom. The number of hydrogen-bond acceptors (Lipinski definition) is 4. The summed E-state index contributed by atoms with van der Waals surface area (Å²) in [6.45, 7) is -0.533. The van der Waals surface area contributed by atoms with Crippen molar-refractivity contribution >= 4 is 18.3 Å². The van der Waals surface area contributed by atoms with Crippen LogP contribution in [0, 0.1) is 0 Å². The monoisotopic (exact) mass is 368 g/mol. The lowest BCUT2D eigenvalue weighted by Gasteiger charge is -2.37. The summed E-state index contributed by atoms with van der Waals surface area (Å²) in [5, 5.41) is 3.18. The van der Waals surface area contributed by atoms with E-state index in [-0.39, 0.29) is 18.4 Å². The smallest absolute Gasteiger partial charge is 0.411 e. The maximum atomic E-state index is 12.2. The normalized spacial score (nSPS) is 18.0. The Kier molecular flexibility index (Phi) is 7.78. The first-order valence-electron chi connectivity index (χ1n) is 7.20. The van der Waals surface area contributed by atoms with Crippen LogP contribution < -0.4 is 10.1 Å². The molecule has 1 unspecified atom stereocenters. The third-order valence-electron chi connectivity index (χ3n) is 3.55. The first kappa shape index (κ1) is 20.5. The molecular weight excluding hydrogens is 349 g/mol. The highest BCUT2D eigenvalue weighted by Gasteiger charge is 2.31. The molecule has 136 valence electrons. The van der Waals surface area contributed by atoms with E-state index in [1.54, 1.807) is 6.07 Å². The molecule has 9 heteroatoms. The third-order valence-corrected chi connectivity index (χ3v) is 3.55. The highest BCUT2D eigenvalue weighted by Crippen LogP contribution is 2.30. The molecule has 1 amide bonds. The lowest BCUT2D eigenvalue weighted by atomic mass is 10.0. The van der Waals surface area contributed by atoms with E-state index in [2.05, 4.69) is 10.1 Å². The largest absolute Gasteiger partial charge is 0.496 e. The van der Waals surface area contributed by atoms with Crippen LogP contribution >= 0.6 is 12.4 Å². The minimum absolute atomic E-state index is 0. The van der Waals surface area contributed by atoms with Crippen LogP contribution in [0.2, 0.25) is 0 Å². The fourth-order valence-corrected chi connectivity index (χ4v) is 2.56. The van der Waals surface area contributed by atoms with Crippen molar-refractivity contribution in [3.05, 3.63) is 29.8 Å². The second kappa shape index (κ2) is 9.10. The molecule has 0 spiro atoms. The summed E-state index contributed by atoms with van der Waals surface area (Å²) >= 11 is 0. The quantitative estimate of drug-likeness (QED) is 0.865. The summed E-state index contributed by atoms with van der Waals surface area (Å²) in [6, 6.07) is 6.97. The second-order valence-corrected chi connectivity index (χ2v) is 5.16. The molecule has 1 aliphatic heterocycles. The molecule has 1 atom stereocenters. The maximum absolute atomic E-state index is 12.2. The Labute approximate surface area is 144 Å². The first-order chi connectivity index (χ1) is 10.9. The van der Waals surface area contributed by atoms with Gasteiger partial charge in [-0.3, -0.25) is 4.79 Å². The number of piperazine rings is 1. The van der Waals surface area contributed by atoms with Crippen LogP contribution in [0.5, 0.6) is 5.75 Å². The van der Waals surface area contributed by atoms with Crippen molar-refractivity contribution in [3.8, 4) is 5.75 Å². The molecule has 1 aliphatic rings. The molecule has 24 heavy (non-hydrogen) atoms. The summed E-state index contributed by atoms with van der Waals surface area (Å²) in [5.74, 6) is 0.168. The number of carbonyl (C=O) groups excluding carboxylic acids is 1. The van der Waals surface area contributed by atoms with Crippen LogP contribution in [0.25, 0.3) is 0 Å². The molecule has 1 heterocycles. The van der Waals surface area contributed by atoms with Gasteiger partial charge in [-0.1, -0.05) is 18.2 Å². The number of nitrogens with one attached hydrogen (secondary N) is 1. The van der Waals surface area contributed by atoms with Gasteiger partial charge in [-0.25, -0.2) is 0 Å². The van der Waals surface area contributed by atoms with E-state index in [9.17, 15) is 18.0 Å². The highest BCUT2D eigenvalue weighted by atomic mass is 35.5. The second-order valence-electron chi connectivity index (χ2n) is 5.16. The minimum Gasteiger partial charge on any atom is -0.496 e. The number of hydrogen-bond donors (Lipinski definition) is 1. The van der Waals surface area contributed by atoms with Crippen LogP contribution in [0.1, 0.15) is 11.6 Å². The summed E-state index contributed by atoms with van der Waals surface area (Å²) in [6.07, 6.45) is -4.44. The number of amides is 1. The third kappa shape index (κ3) is 5.54. The zero-order valence-corrected chi connectivity index (χ0v) is 14.0. The Balaban J connectivity index is 0.00000288. The van der Waals surface area contributed by atoms with Crippen molar-refractivity contribution in [2.75, 3.05) is 40.0 Å². The van der Waals surface area contributed by atoms with Gasteiger partial charge < -0.3 is 19.7 Å². The van der Waals surface area contributed by atoms with Crippen molar-refractivity contribution in [2.24, 2.45) is 0 Å². The number of ether oxygens (including phenoxy) is 2. The van der Waals surface area contributed by atoms with E-state index in [1.165, 1.54) is 12.0 Å². The van der Waals surface area contributed by atoms with Crippen molar-refractivity contribution in [1.82, 2.24) is 10.2 Å². The molecule has 1 saturated heterocycles. The van der Waals surface area contributed by atoms with Gasteiger partial charge in [-0.15, -0.1) is 12.4 Å². The van der Waals surface area contributed by atoms with Crippen LogP contribution in [0.3, 0.4) is 0 Å². The molecule has 5 nitrogen and oxygen atoms in total. The molecule has 0 saturated carbocycles. The van der Waals surface area contributed by atoms with E-state index in [1.807, 2.05) is 18.2 Å². The number of carbonyl (C=O) groups is 1. The number of methoxy groups -OCH3 is 1. The van der Waals surface area contributed by atoms with Gasteiger partial charge >= 0.3 is 6.18 Å². The number of nitrogens with zero attached hydrogens (tertiary/aromatic N) is 1. The van der Waals surface area contributed by atoms with E-state index in [0.717, 1.165) is 5.56 Å². The molecule has 0 aromatic heterocycles. The summed E-state index contributed by atoms with van der Waals surface area (Å²) < 4.78 is 46.1. The summed E-state index contributed by atoms with van der Waals surface area (Å²) in [7, 11) is 1.54. The van der Waals surface area contributed by atoms with Crippen LogP contribution in [0.4, 0.5) is 13.2 Å². The number of para-hydroxylation sites is 1. The molecule has 2 rings (SSSR count). The van der Waals surface area contributed by atoms with Gasteiger partial charge in [0.2, 0.25) is 5.91 Å². The van der Waals surface area contributed by atoms with E-state index in [4.69, 9.17) is 4.74 Å². The van der Waals surface area contributed by atoms with Gasteiger partial charge in [0.25, 0.3) is 0 Å². The predicted molar refractivity (Wildman–Crippen MR) is 84.4 cm³/mol. The highest BCUT2D eigenvalue weighted by molar-refractivity contribution is 5.85. The van der Waals surface area contributed by atoms with Crippen molar-refractivity contribution in [1.29, 1.82) is 0 Å². The van der Waals surface area contributed by atoms with Gasteiger partial charge in [-0.05, 0) is 6.07 Å². The molecule has 1 aromatic carbocycles. The molecule has 0 aliphatic carbocycles. The number of halogens is 4. The van der Waals surface area contributed by atoms with E-state index >= 15 is 0 Å². The van der Waals surface area contributed by atoms with Gasteiger partial charge in [0, 0.05) is 25.2 Å². The van der Waals surface area contributed by atoms with Gasteiger partial charge in [0.05, 0.1) is 13.2 Å². The number of alkyl halides is 3. The number of rotatable bonds is 5. The Morgan fingerprint density at radius 3 is 2.75 bits per heavy atom. The van der Waals surface area contributed by atoms with Crippen LogP contribution in [-0.2, 0) is 9.53 Å². The van der Waals surface area contributed by atoms with Crippen LogP contribution in [0.15, 0.2) is 24.3 Å². The molecule has 1 aromatic rings. The zero-order valence-electron chi connectivity index (χ0n) is 13.1. The lowest BCUT2D eigenvalue weighted by molar-refractivity contribution is -0.178. The topological polar surface area (TPSA) is 50.8 Å². The van der Waals surface area contributed by atoms with E-state index in [0.29, 0.717) is 25.4 Å².